The number of nitrogens with zero attached hydrogens (tertiary/aromatic N) is 2. The van der Waals surface area contributed by atoms with E-state index in [1.54, 1.807) is 30.3 Å². The first kappa shape index (κ1) is 20.6. The van der Waals surface area contributed by atoms with E-state index < -0.39 is 27.2 Å². The number of sulfonamides is 1. The maximum absolute atomic E-state index is 13.1. The van der Waals surface area contributed by atoms with Crippen molar-refractivity contribution >= 4 is 43.2 Å². The van der Waals surface area contributed by atoms with E-state index in [1.165, 1.54) is 36.7 Å². The van der Waals surface area contributed by atoms with Crippen molar-refractivity contribution in [3.63, 3.8) is 0 Å². The lowest BCUT2D eigenvalue weighted by Crippen LogP contribution is -2.34. The minimum atomic E-state index is -3.99. The fourth-order valence-corrected chi connectivity index (χ4v) is 5.28. The van der Waals surface area contributed by atoms with Crippen LogP contribution in [0.3, 0.4) is 0 Å². The van der Waals surface area contributed by atoms with Crippen LogP contribution < -0.4 is 15.6 Å². The molecular weight excluding hydrogens is 442 g/mol. The predicted octanol–water partition coefficient (Wildman–Crippen LogP) is 2.26. The van der Waals surface area contributed by atoms with Crippen molar-refractivity contribution < 1.29 is 18.3 Å². The lowest BCUT2D eigenvalue weighted by molar-refractivity contribution is 0.0699. The number of nitrogens with one attached hydrogen (secondary N) is 1. The Labute approximate surface area is 179 Å². The Bertz CT molecular complexity index is 1530. The van der Waals surface area contributed by atoms with E-state index >= 15 is 0 Å². The molecule has 0 aliphatic rings. The minimum Gasteiger partial charge on any atom is -0.478 e. The van der Waals surface area contributed by atoms with Crippen LogP contribution in [0.5, 0.6) is 0 Å². The number of carboxylic acid groups (broad SMARTS) is 1. The van der Waals surface area contributed by atoms with Crippen molar-refractivity contribution in [1.29, 1.82) is 0 Å². The highest BCUT2D eigenvalue weighted by Gasteiger charge is 2.23. The van der Waals surface area contributed by atoms with Gasteiger partial charge >= 0.3 is 11.7 Å². The summed E-state index contributed by atoms with van der Waals surface area (Å²) in [6.07, 6.45) is 0. The van der Waals surface area contributed by atoms with Crippen LogP contribution in [-0.4, -0.2) is 36.1 Å². The number of para-hydroxylation sites is 1. The largest absolute Gasteiger partial charge is 0.478 e. The monoisotopic (exact) mass is 457 g/mol. The first-order chi connectivity index (χ1) is 14.7. The first-order valence-corrected chi connectivity index (χ1v) is 11.2. The second kappa shape index (κ2) is 7.52. The molecule has 31 heavy (non-hydrogen) atoms. The topological polar surface area (TPSA) is 130 Å². The summed E-state index contributed by atoms with van der Waals surface area (Å²) < 4.78 is 28.0. The second-order valence-electron chi connectivity index (χ2n) is 6.53. The molecule has 2 aromatic carbocycles. The Balaban J connectivity index is 1.89. The molecule has 2 aromatic heterocycles. The van der Waals surface area contributed by atoms with Gasteiger partial charge in [0.1, 0.15) is 4.83 Å². The molecule has 9 nitrogen and oxygen atoms in total. The number of hydrogen-bond acceptors (Lipinski definition) is 6. The van der Waals surface area contributed by atoms with Gasteiger partial charge in [-0.15, -0.1) is 11.3 Å². The summed E-state index contributed by atoms with van der Waals surface area (Å²) >= 11 is 0.931. The normalized spacial score (nSPS) is 11.5. The Kier molecular flexibility index (Phi) is 4.99. The summed E-state index contributed by atoms with van der Waals surface area (Å²) in [4.78, 5) is 39.5. The van der Waals surface area contributed by atoms with Gasteiger partial charge in [0.25, 0.3) is 15.6 Å². The number of hydrogen-bond donors (Lipinski definition) is 2. The summed E-state index contributed by atoms with van der Waals surface area (Å²) in [6.45, 7) is 0. The highest BCUT2D eigenvalue weighted by Crippen LogP contribution is 2.24. The van der Waals surface area contributed by atoms with Crippen LogP contribution in [0.15, 0.2) is 74.5 Å². The fourth-order valence-electron chi connectivity index (χ4n) is 3.13. The molecule has 0 saturated carbocycles. The zero-order chi connectivity index (χ0) is 22.3. The van der Waals surface area contributed by atoms with Crippen molar-refractivity contribution in [1.82, 2.24) is 9.55 Å². The number of carbonyl (C=O) groups is 1. The van der Waals surface area contributed by atoms with E-state index in [9.17, 15) is 27.9 Å². The molecule has 2 N–H and O–H groups in total. The third kappa shape index (κ3) is 3.43. The van der Waals surface area contributed by atoms with Gasteiger partial charge in [0.2, 0.25) is 0 Å². The molecule has 0 amide bonds. The van der Waals surface area contributed by atoms with Crippen LogP contribution in [0.2, 0.25) is 0 Å². The fraction of sp³-hybridized carbons (Fsp3) is 0.0500. The molecule has 158 valence electrons. The van der Waals surface area contributed by atoms with Gasteiger partial charge in [0.05, 0.1) is 27.2 Å². The first-order valence-electron chi connectivity index (χ1n) is 8.86. The molecule has 0 atom stereocenters. The number of carboxylic acids is 1. The van der Waals surface area contributed by atoms with Crippen LogP contribution in [0.1, 0.15) is 10.4 Å². The van der Waals surface area contributed by atoms with E-state index in [0.717, 1.165) is 20.2 Å². The van der Waals surface area contributed by atoms with Gasteiger partial charge in [-0.3, -0.25) is 14.1 Å². The van der Waals surface area contributed by atoms with E-state index in [0.29, 0.717) is 5.69 Å². The Morgan fingerprint density at radius 1 is 1.10 bits per heavy atom. The van der Waals surface area contributed by atoms with Gasteiger partial charge in [-0.05, 0) is 30.3 Å². The average Bonchev–Trinajstić information content (AvgIpc) is 3.18. The van der Waals surface area contributed by atoms with E-state index in [4.69, 9.17) is 0 Å². The maximum Gasteiger partial charge on any atom is 0.337 e. The van der Waals surface area contributed by atoms with E-state index in [1.807, 2.05) is 0 Å². The van der Waals surface area contributed by atoms with Gasteiger partial charge in [0.15, 0.2) is 0 Å². The quantitative estimate of drug-likeness (QED) is 0.473. The molecule has 11 heteroatoms. The smallest absolute Gasteiger partial charge is 0.337 e. The average molecular weight is 457 g/mol. The summed E-state index contributed by atoms with van der Waals surface area (Å²) in [6, 6.07) is 13.8. The molecule has 4 rings (SSSR count). The number of rotatable bonds is 5. The van der Waals surface area contributed by atoms with Gasteiger partial charge in [-0.1, -0.05) is 24.3 Å². The van der Waals surface area contributed by atoms with Crippen molar-refractivity contribution in [2.45, 2.75) is 4.90 Å². The Morgan fingerprint density at radius 2 is 1.81 bits per heavy atom. The zero-order valence-corrected chi connectivity index (χ0v) is 17.6. The van der Waals surface area contributed by atoms with Crippen molar-refractivity contribution in [2.75, 3.05) is 11.4 Å². The number of aromatic amines is 1. The second-order valence-corrected chi connectivity index (χ2v) is 9.38. The molecule has 0 saturated heterocycles. The van der Waals surface area contributed by atoms with Crippen molar-refractivity contribution in [3.8, 4) is 5.69 Å². The number of thiophene rings is 1. The highest BCUT2D eigenvalue weighted by molar-refractivity contribution is 7.92. The van der Waals surface area contributed by atoms with E-state index in [-0.39, 0.29) is 26.4 Å². The number of H-pyrrole nitrogens is 1. The number of fused-ring (bicyclic) bond motifs is 1. The lowest BCUT2D eigenvalue weighted by atomic mass is 10.2. The molecule has 0 fully saturated rings. The molecule has 0 spiro atoms. The van der Waals surface area contributed by atoms with E-state index in [2.05, 4.69) is 4.98 Å². The SMILES string of the molecule is CN(c1ccccc1)S(=O)(=O)c1cccc(-n2c(=O)[nH]c3scc(C(=O)O)c3c2=O)c1. The lowest BCUT2D eigenvalue weighted by Gasteiger charge is -2.19. The van der Waals surface area contributed by atoms with Crippen molar-refractivity contribution in [2.24, 2.45) is 0 Å². The molecule has 2 heterocycles. The summed E-state index contributed by atoms with van der Waals surface area (Å²) in [5.74, 6) is -1.30. The van der Waals surface area contributed by atoms with Crippen LogP contribution in [0.4, 0.5) is 5.69 Å². The minimum absolute atomic E-state index is 0.00164. The number of aromatic carboxylic acids is 1. The summed E-state index contributed by atoms with van der Waals surface area (Å²) in [7, 11) is -2.59. The summed E-state index contributed by atoms with van der Waals surface area (Å²) in [5, 5.41) is 10.5. The van der Waals surface area contributed by atoms with Crippen LogP contribution >= 0.6 is 11.3 Å². The molecule has 0 aliphatic heterocycles. The van der Waals surface area contributed by atoms with Gasteiger partial charge in [-0.25, -0.2) is 22.6 Å². The molecular formula is C20H15N3O6S2. The maximum atomic E-state index is 13.1. The van der Waals surface area contributed by atoms with Gasteiger partial charge in [0, 0.05) is 12.4 Å². The van der Waals surface area contributed by atoms with Crippen LogP contribution in [0.25, 0.3) is 15.9 Å². The van der Waals surface area contributed by atoms with Gasteiger partial charge in [-0.2, -0.15) is 0 Å². The molecule has 0 bridgehead atoms. The molecule has 4 aromatic rings. The van der Waals surface area contributed by atoms with Crippen molar-refractivity contribution in [3.05, 3.63) is 86.4 Å². The predicted molar refractivity (Wildman–Crippen MR) is 117 cm³/mol. The number of benzene rings is 2. The third-order valence-corrected chi connectivity index (χ3v) is 7.39. The van der Waals surface area contributed by atoms with Crippen LogP contribution in [-0.2, 0) is 10.0 Å². The Morgan fingerprint density at radius 3 is 2.48 bits per heavy atom. The third-order valence-electron chi connectivity index (χ3n) is 4.72. The highest BCUT2D eigenvalue weighted by atomic mass is 32.2. The molecule has 0 unspecified atom stereocenters. The Hall–Kier alpha value is -3.70. The number of anilines is 1. The molecule has 0 aliphatic carbocycles. The zero-order valence-electron chi connectivity index (χ0n) is 16.0. The van der Waals surface area contributed by atoms with Crippen LogP contribution in [0, 0.1) is 0 Å². The van der Waals surface area contributed by atoms with Gasteiger partial charge < -0.3 is 5.11 Å². The summed E-state index contributed by atoms with van der Waals surface area (Å²) in [5.41, 5.74) is -1.44. The number of aromatic nitrogens is 2. The molecule has 0 radical (unpaired) electrons. The standard InChI is InChI=1S/C20H15N3O6S2/c1-22(12-6-3-2-4-7-12)31(28,29)14-9-5-8-13(10-14)23-18(24)16-15(19(25)26)11-30-17(16)21-20(23)27/h2-11H,1H3,(H,21,27)(H,25,26).